The molecule has 1 unspecified atom stereocenters. The molecule has 1 aromatic carbocycles. The fraction of sp³-hybridized carbons (Fsp3) is 0.154. The summed E-state index contributed by atoms with van der Waals surface area (Å²) in [6.45, 7) is 0. The summed E-state index contributed by atoms with van der Waals surface area (Å²) in [6, 6.07) is 5.80. The molecule has 1 aromatic heterocycles. The molecule has 1 atom stereocenters. The lowest BCUT2D eigenvalue weighted by molar-refractivity contribution is 0.177. The van der Waals surface area contributed by atoms with Crippen LogP contribution in [0.15, 0.2) is 41.1 Å². The van der Waals surface area contributed by atoms with Crippen LogP contribution in [0.25, 0.3) is 0 Å². The van der Waals surface area contributed by atoms with Crippen molar-refractivity contribution < 1.29 is 13.9 Å². The maximum absolute atomic E-state index is 13.3. The summed E-state index contributed by atoms with van der Waals surface area (Å²) in [6.07, 6.45) is 1.71. The molecule has 5 heteroatoms. The minimum absolute atomic E-state index is 0.184. The van der Waals surface area contributed by atoms with Gasteiger partial charge in [0.1, 0.15) is 11.6 Å². The highest BCUT2D eigenvalue weighted by atomic mass is 79.9. The van der Waals surface area contributed by atoms with E-state index in [9.17, 15) is 13.9 Å². The molecule has 94 valence electrons. The highest BCUT2D eigenvalue weighted by molar-refractivity contribution is 9.10. The van der Waals surface area contributed by atoms with Crippen molar-refractivity contribution in [1.29, 1.82) is 0 Å². The van der Waals surface area contributed by atoms with Crippen molar-refractivity contribution in [1.82, 2.24) is 4.98 Å². The zero-order valence-corrected chi connectivity index (χ0v) is 10.9. The van der Waals surface area contributed by atoms with Crippen LogP contribution in [0.3, 0.4) is 0 Å². The highest BCUT2D eigenvalue weighted by Gasteiger charge is 2.13. The van der Waals surface area contributed by atoms with Gasteiger partial charge < -0.3 is 5.11 Å². The molecule has 0 saturated heterocycles. The number of rotatable bonds is 3. The van der Waals surface area contributed by atoms with E-state index in [4.69, 9.17) is 0 Å². The first-order chi connectivity index (χ1) is 8.58. The average Bonchev–Trinajstić information content (AvgIpc) is 2.35. The Morgan fingerprint density at radius 1 is 1.28 bits per heavy atom. The van der Waals surface area contributed by atoms with E-state index in [-0.39, 0.29) is 6.42 Å². The van der Waals surface area contributed by atoms with E-state index in [2.05, 4.69) is 20.9 Å². The third-order valence-corrected chi connectivity index (χ3v) is 3.44. The molecule has 0 aliphatic carbocycles. The van der Waals surface area contributed by atoms with Gasteiger partial charge in [0, 0.05) is 18.2 Å². The summed E-state index contributed by atoms with van der Waals surface area (Å²) >= 11 is 3.12. The van der Waals surface area contributed by atoms with Gasteiger partial charge in [0.2, 0.25) is 0 Å². The number of pyridine rings is 1. The molecule has 0 spiro atoms. The van der Waals surface area contributed by atoms with Gasteiger partial charge >= 0.3 is 0 Å². The molecule has 2 rings (SSSR count). The van der Waals surface area contributed by atoms with Gasteiger partial charge in [-0.2, -0.15) is 0 Å². The zero-order chi connectivity index (χ0) is 13.1. The van der Waals surface area contributed by atoms with Gasteiger partial charge in [-0.25, -0.2) is 8.78 Å². The first-order valence-electron chi connectivity index (χ1n) is 5.29. The Morgan fingerprint density at radius 2 is 2.06 bits per heavy atom. The molecule has 1 heterocycles. The van der Waals surface area contributed by atoms with Crippen molar-refractivity contribution in [2.45, 2.75) is 12.5 Å². The molecule has 0 fully saturated rings. The maximum atomic E-state index is 13.3. The lowest BCUT2D eigenvalue weighted by Crippen LogP contribution is -2.04. The summed E-state index contributed by atoms with van der Waals surface area (Å²) in [7, 11) is 0. The van der Waals surface area contributed by atoms with E-state index >= 15 is 0 Å². The average molecular weight is 314 g/mol. The van der Waals surface area contributed by atoms with Gasteiger partial charge in [-0.1, -0.05) is 12.1 Å². The summed E-state index contributed by atoms with van der Waals surface area (Å²) in [5, 5.41) is 9.96. The Kier molecular flexibility index (Phi) is 4.04. The van der Waals surface area contributed by atoms with Crippen molar-refractivity contribution in [2.75, 3.05) is 0 Å². The van der Waals surface area contributed by atoms with Crippen LogP contribution >= 0.6 is 15.9 Å². The molecule has 0 saturated carbocycles. The monoisotopic (exact) mass is 313 g/mol. The second kappa shape index (κ2) is 5.54. The Bertz CT molecular complexity index is 562. The molecule has 0 aliphatic rings. The van der Waals surface area contributed by atoms with E-state index in [1.807, 2.05) is 0 Å². The van der Waals surface area contributed by atoms with Crippen LogP contribution in [0.4, 0.5) is 8.78 Å². The summed E-state index contributed by atoms with van der Waals surface area (Å²) in [5.74, 6) is -0.901. The SMILES string of the molecule is OC(Cc1cccc(F)c1Br)c1cncc(F)c1. The highest BCUT2D eigenvalue weighted by Crippen LogP contribution is 2.25. The predicted octanol–water partition coefficient (Wildman–Crippen LogP) is 3.40. The van der Waals surface area contributed by atoms with Gasteiger partial charge in [-0.3, -0.25) is 4.98 Å². The van der Waals surface area contributed by atoms with Crippen LogP contribution in [0.5, 0.6) is 0 Å². The number of aliphatic hydroxyl groups excluding tert-OH is 1. The third kappa shape index (κ3) is 2.91. The third-order valence-electron chi connectivity index (χ3n) is 2.56. The van der Waals surface area contributed by atoms with Crippen LogP contribution < -0.4 is 0 Å². The topological polar surface area (TPSA) is 33.1 Å². The lowest BCUT2D eigenvalue weighted by atomic mass is 10.0. The van der Waals surface area contributed by atoms with E-state index in [0.717, 1.165) is 6.20 Å². The molecule has 1 N–H and O–H groups in total. The van der Waals surface area contributed by atoms with Gasteiger partial charge in [0.25, 0.3) is 0 Å². The molecule has 18 heavy (non-hydrogen) atoms. The Hall–Kier alpha value is -1.33. The number of aliphatic hydroxyl groups is 1. The molecule has 0 amide bonds. The van der Waals surface area contributed by atoms with E-state index in [0.29, 0.717) is 15.6 Å². The first-order valence-corrected chi connectivity index (χ1v) is 6.08. The number of aromatic nitrogens is 1. The van der Waals surface area contributed by atoms with Crippen molar-refractivity contribution >= 4 is 15.9 Å². The van der Waals surface area contributed by atoms with Crippen molar-refractivity contribution in [3.8, 4) is 0 Å². The van der Waals surface area contributed by atoms with Crippen LogP contribution in [-0.2, 0) is 6.42 Å². The molecular formula is C13H10BrF2NO. The van der Waals surface area contributed by atoms with Crippen LogP contribution in [0.1, 0.15) is 17.2 Å². The van der Waals surface area contributed by atoms with Crippen LogP contribution in [-0.4, -0.2) is 10.1 Å². The minimum Gasteiger partial charge on any atom is -0.388 e. The summed E-state index contributed by atoms with van der Waals surface area (Å²) in [5.41, 5.74) is 0.984. The minimum atomic E-state index is -0.925. The lowest BCUT2D eigenvalue weighted by Gasteiger charge is -2.12. The second-order valence-electron chi connectivity index (χ2n) is 3.87. The predicted molar refractivity (Wildman–Crippen MR) is 67.0 cm³/mol. The number of hydrogen-bond donors (Lipinski definition) is 1. The molecule has 0 bridgehead atoms. The molecule has 0 radical (unpaired) electrons. The van der Waals surface area contributed by atoms with Gasteiger partial charge in [0.15, 0.2) is 0 Å². The van der Waals surface area contributed by atoms with Gasteiger partial charge in [0.05, 0.1) is 16.8 Å². The van der Waals surface area contributed by atoms with Crippen molar-refractivity contribution in [3.05, 3.63) is 63.9 Å². The Labute approximate surface area is 111 Å². The van der Waals surface area contributed by atoms with E-state index < -0.39 is 17.7 Å². The largest absolute Gasteiger partial charge is 0.388 e. The molecule has 2 aromatic rings. The first kappa shape index (κ1) is 13.1. The summed E-state index contributed by atoms with van der Waals surface area (Å²) < 4.78 is 26.6. The zero-order valence-electron chi connectivity index (χ0n) is 9.28. The Morgan fingerprint density at radius 3 is 2.78 bits per heavy atom. The van der Waals surface area contributed by atoms with Gasteiger partial charge in [-0.05, 0) is 33.6 Å². The second-order valence-corrected chi connectivity index (χ2v) is 4.66. The van der Waals surface area contributed by atoms with E-state index in [1.54, 1.807) is 12.1 Å². The smallest absolute Gasteiger partial charge is 0.141 e. The fourth-order valence-electron chi connectivity index (χ4n) is 1.64. The Balaban J connectivity index is 2.21. The van der Waals surface area contributed by atoms with Crippen LogP contribution in [0, 0.1) is 11.6 Å². The fourth-order valence-corrected chi connectivity index (χ4v) is 2.07. The summed E-state index contributed by atoms with van der Waals surface area (Å²) in [4.78, 5) is 3.67. The van der Waals surface area contributed by atoms with Crippen molar-refractivity contribution in [3.63, 3.8) is 0 Å². The number of benzene rings is 1. The standard InChI is InChI=1S/C13H10BrF2NO/c14-13-8(2-1-3-11(13)16)5-12(18)9-4-10(15)7-17-6-9/h1-4,6-7,12,18H,5H2. The number of halogens is 3. The normalized spacial score (nSPS) is 12.4. The van der Waals surface area contributed by atoms with Crippen LogP contribution in [0.2, 0.25) is 0 Å². The van der Waals surface area contributed by atoms with E-state index in [1.165, 1.54) is 18.3 Å². The maximum Gasteiger partial charge on any atom is 0.141 e. The van der Waals surface area contributed by atoms with Gasteiger partial charge in [-0.15, -0.1) is 0 Å². The quantitative estimate of drug-likeness (QED) is 0.942. The molecule has 2 nitrogen and oxygen atoms in total. The molecular weight excluding hydrogens is 304 g/mol. The van der Waals surface area contributed by atoms with Crippen molar-refractivity contribution in [2.24, 2.45) is 0 Å². The molecule has 0 aliphatic heterocycles. The number of nitrogens with zero attached hydrogens (tertiary/aromatic N) is 1. The number of hydrogen-bond acceptors (Lipinski definition) is 2.